The largest absolute Gasteiger partial charge is 0.342 e. The van der Waals surface area contributed by atoms with Gasteiger partial charge in [0.2, 0.25) is 5.91 Å². The molecule has 5 nitrogen and oxygen atoms in total. The van der Waals surface area contributed by atoms with Gasteiger partial charge in [-0.3, -0.25) is 4.79 Å². The maximum atomic E-state index is 11.5. The second-order valence-corrected chi connectivity index (χ2v) is 5.90. The number of rotatable bonds is 3. The van der Waals surface area contributed by atoms with Gasteiger partial charge in [-0.2, -0.15) is 12.7 Å². The molecule has 0 unspecified atom stereocenters. The maximum Gasteiger partial charge on any atom is 0.300 e. The highest BCUT2D eigenvalue weighted by Crippen LogP contribution is 2.09. The van der Waals surface area contributed by atoms with Crippen molar-refractivity contribution in [2.24, 2.45) is 0 Å². The van der Waals surface area contributed by atoms with Crippen LogP contribution in [-0.4, -0.2) is 50.2 Å². The summed E-state index contributed by atoms with van der Waals surface area (Å²) in [7, 11) is 2.58. The zero-order valence-electron chi connectivity index (χ0n) is 7.94. The van der Waals surface area contributed by atoms with Gasteiger partial charge >= 0.3 is 0 Å². The first-order chi connectivity index (χ1) is 6.41. The topological polar surface area (TPSA) is 57.7 Å². The zero-order chi connectivity index (χ0) is 10.8. The lowest BCUT2D eigenvalue weighted by molar-refractivity contribution is -0.130. The van der Waals surface area contributed by atoms with Crippen LogP contribution < -0.4 is 0 Å². The summed E-state index contributed by atoms with van der Waals surface area (Å²) < 4.78 is 22.4. The molecule has 1 rings (SSSR count). The predicted octanol–water partition coefficient (Wildman–Crippen LogP) is 0.0242. The summed E-state index contributed by atoms with van der Waals surface area (Å²) in [6, 6.07) is 0. The van der Waals surface area contributed by atoms with Gasteiger partial charge in [0, 0.05) is 30.8 Å². The van der Waals surface area contributed by atoms with Crippen molar-refractivity contribution in [1.29, 1.82) is 0 Å². The van der Waals surface area contributed by atoms with E-state index in [1.807, 2.05) is 0 Å². The van der Waals surface area contributed by atoms with E-state index < -0.39 is 9.24 Å². The minimum absolute atomic E-state index is 0.175. The number of hydrogen-bond acceptors (Lipinski definition) is 3. The van der Waals surface area contributed by atoms with Crippen molar-refractivity contribution >= 4 is 25.8 Å². The fraction of sp³-hybridized carbons (Fsp3) is 0.857. The monoisotopic (exact) mass is 240 g/mol. The van der Waals surface area contributed by atoms with Gasteiger partial charge in [-0.15, -0.1) is 0 Å². The summed E-state index contributed by atoms with van der Waals surface area (Å²) in [5.74, 6) is -0.186. The Bertz CT molecular complexity index is 311. The van der Waals surface area contributed by atoms with Crippen LogP contribution in [0.4, 0.5) is 0 Å². The fourth-order valence-electron chi connectivity index (χ4n) is 1.33. The predicted molar refractivity (Wildman–Crippen MR) is 53.2 cm³/mol. The van der Waals surface area contributed by atoms with Crippen LogP contribution in [0.3, 0.4) is 0 Å². The first-order valence-electron chi connectivity index (χ1n) is 4.35. The SMILES string of the molecule is CN(CC(=O)N1CCCC1)S(=O)(=O)Cl. The Morgan fingerprint density at radius 1 is 1.43 bits per heavy atom. The lowest BCUT2D eigenvalue weighted by atomic mass is 10.4. The number of nitrogens with zero attached hydrogens (tertiary/aromatic N) is 2. The fourth-order valence-corrected chi connectivity index (χ4v) is 1.75. The molecule has 0 aromatic rings. The molecular weight excluding hydrogens is 228 g/mol. The molecule has 82 valence electrons. The minimum atomic E-state index is -3.77. The van der Waals surface area contributed by atoms with E-state index in [1.54, 1.807) is 4.90 Å². The molecule has 1 fully saturated rings. The summed E-state index contributed by atoms with van der Waals surface area (Å²) in [4.78, 5) is 13.1. The number of carbonyl (C=O) groups excluding carboxylic acids is 1. The van der Waals surface area contributed by atoms with Gasteiger partial charge in [-0.25, -0.2) is 0 Å². The molecule has 0 aromatic heterocycles. The van der Waals surface area contributed by atoms with Crippen molar-refractivity contribution in [1.82, 2.24) is 9.21 Å². The van der Waals surface area contributed by atoms with Gasteiger partial charge in [0.1, 0.15) is 0 Å². The Hall–Kier alpha value is -0.330. The number of likely N-dealkylation sites (tertiary alicyclic amines) is 1. The molecule has 7 heteroatoms. The second-order valence-electron chi connectivity index (χ2n) is 3.29. The highest BCUT2D eigenvalue weighted by atomic mass is 35.7. The van der Waals surface area contributed by atoms with Crippen LogP contribution in [0.25, 0.3) is 0 Å². The Morgan fingerprint density at radius 2 is 1.93 bits per heavy atom. The quantitative estimate of drug-likeness (QED) is 0.654. The first-order valence-corrected chi connectivity index (χ1v) is 6.61. The number of hydrogen-bond donors (Lipinski definition) is 0. The van der Waals surface area contributed by atoms with E-state index in [9.17, 15) is 13.2 Å². The third-order valence-electron chi connectivity index (χ3n) is 2.19. The van der Waals surface area contributed by atoms with E-state index in [0.717, 1.165) is 30.2 Å². The number of halogens is 1. The summed E-state index contributed by atoms with van der Waals surface area (Å²) >= 11 is 0. The molecule has 1 saturated heterocycles. The van der Waals surface area contributed by atoms with Crippen molar-refractivity contribution in [3.63, 3.8) is 0 Å². The summed E-state index contributed by atoms with van der Waals surface area (Å²) in [6.07, 6.45) is 1.98. The number of likely N-dealkylation sites (N-methyl/N-ethyl adjacent to an activating group) is 1. The highest BCUT2D eigenvalue weighted by Gasteiger charge is 2.23. The van der Waals surface area contributed by atoms with E-state index in [-0.39, 0.29) is 12.5 Å². The molecule has 14 heavy (non-hydrogen) atoms. The van der Waals surface area contributed by atoms with Crippen LogP contribution in [0.5, 0.6) is 0 Å². The lowest BCUT2D eigenvalue weighted by Crippen LogP contribution is -2.38. The summed E-state index contributed by atoms with van der Waals surface area (Å²) in [5, 5.41) is 0. The summed E-state index contributed by atoms with van der Waals surface area (Å²) in [6.45, 7) is 1.26. The Balaban J connectivity index is 2.48. The molecule has 1 aliphatic rings. The number of amides is 1. The lowest BCUT2D eigenvalue weighted by Gasteiger charge is -2.18. The molecule has 0 N–H and O–H groups in total. The van der Waals surface area contributed by atoms with Gasteiger partial charge in [-0.05, 0) is 12.8 Å². The van der Waals surface area contributed by atoms with Crippen LogP contribution in [0, 0.1) is 0 Å². The molecule has 0 aromatic carbocycles. The van der Waals surface area contributed by atoms with Gasteiger partial charge in [0.25, 0.3) is 9.24 Å². The van der Waals surface area contributed by atoms with E-state index in [2.05, 4.69) is 0 Å². The maximum absolute atomic E-state index is 11.5. The normalized spacial score (nSPS) is 17.8. The van der Waals surface area contributed by atoms with Crippen LogP contribution in [0.15, 0.2) is 0 Å². The Labute approximate surface area is 88.2 Å². The van der Waals surface area contributed by atoms with Crippen molar-refractivity contribution in [3.8, 4) is 0 Å². The summed E-state index contributed by atoms with van der Waals surface area (Å²) in [5.41, 5.74) is 0. The molecule has 0 radical (unpaired) electrons. The molecule has 0 saturated carbocycles. The molecule has 1 aliphatic heterocycles. The van der Waals surface area contributed by atoms with E-state index >= 15 is 0 Å². The third kappa shape index (κ3) is 3.11. The van der Waals surface area contributed by atoms with Crippen molar-refractivity contribution < 1.29 is 13.2 Å². The van der Waals surface area contributed by atoms with Gasteiger partial charge in [0.15, 0.2) is 0 Å². The zero-order valence-corrected chi connectivity index (χ0v) is 9.51. The van der Waals surface area contributed by atoms with E-state index in [4.69, 9.17) is 10.7 Å². The Morgan fingerprint density at radius 3 is 2.36 bits per heavy atom. The molecular formula is C7H13ClN2O3S. The smallest absolute Gasteiger partial charge is 0.300 e. The molecule has 0 spiro atoms. The van der Waals surface area contributed by atoms with Crippen LogP contribution >= 0.6 is 10.7 Å². The molecule has 1 amide bonds. The van der Waals surface area contributed by atoms with Crippen molar-refractivity contribution in [2.75, 3.05) is 26.7 Å². The van der Waals surface area contributed by atoms with Crippen LogP contribution in [0.1, 0.15) is 12.8 Å². The second kappa shape index (κ2) is 4.46. The molecule has 0 bridgehead atoms. The van der Waals surface area contributed by atoms with Gasteiger partial charge in [0.05, 0.1) is 6.54 Å². The van der Waals surface area contributed by atoms with Crippen molar-refractivity contribution in [2.45, 2.75) is 12.8 Å². The van der Waals surface area contributed by atoms with Gasteiger partial charge in [-0.1, -0.05) is 0 Å². The van der Waals surface area contributed by atoms with Crippen LogP contribution in [0.2, 0.25) is 0 Å². The minimum Gasteiger partial charge on any atom is -0.342 e. The van der Waals surface area contributed by atoms with E-state index in [0.29, 0.717) is 0 Å². The molecule has 1 heterocycles. The van der Waals surface area contributed by atoms with Crippen LogP contribution in [-0.2, 0) is 14.0 Å². The molecule has 0 atom stereocenters. The molecule has 0 aliphatic carbocycles. The number of carbonyl (C=O) groups is 1. The average Bonchev–Trinajstić information content (AvgIpc) is 2.53. The Kier molecular flexibility index (Phi) is 3.74. The third-order valence-corrected chi connectivity index (χ3v) is 3.77. The first kappa shape index (κ1) is 11.7. The van der Waals surface area contributed by atoms with Gasteiger partial charge < -0.3 is 4.90 Å². The highest BCUT2D eigenvalue weighted by molar-refractivity contribution is 8.11. The van der Waals surface area contributed by atoms with E-state index in [1.165, 1.54) is 7.05 Å². The van der Waals surface area contributed by atoms with Crippen molar-refractivity contribution in [3.05, 3.63) is 0 Å². The standard InChI is InChI=1S/C7H13ClN2O3S/c1-9(14(8,12)13)6-7(11)10-4-2-3-5-10/h2-6H2,1H3. The average molecular weight is 241 g/mol.